The Morgan fingerprint density at radius 1 is 1.06 bits per heavy atom. The zero-order chi connectivity index (χ0) is 21.8. The molecule has 4 aromatic rings. The van der Waals surface area contributed by atoms with E-state index in [4.69, 9.17) is 9.72 Å². The van der Waals surface area contributed by atoms with Crippen molar-refractivity contribution in [2.24, 2.45) is 0 Å². The van der Waals surface area contributed by atoms with Crippen molar-refractivity contribution in [2.45, 2.75) is 26.9 Å². The first-order chi connectivity index (χ1) is 15.0. The molecule has 4 rings (SSSR count). The zero-order valence-corrected chi connectivity index (χ0v) is 19.1. The van der Waals surface area contributed by atoms with Gasteiger partial charge >= 0.3 is 0 Å². The van der Waals surface area contributed by atoms with E-state index in [1.54, 1.807) is 0 Å². The third kappa shape index (κ3) is 5.14. The van der Waals surface area contributed by atoms with Crippen LogP contribution < -0.4 is 10.1 Å². The van der Waals surface area contributed by atoms with Crippen LogP contribution in [0.5, 0.6) is 5.75 Å². The number of nitrogens with zero attached hydrogens (tertiary/aromatic N) is 2. The van der Waals surface area contributed by atoms with Crippen LogP contribution in [0.2, 0.25) is 0 Å². The molecule has 0 saturated carbocycles. The van der Waals surface area contributed by atoms with E-state index in [0.717, 1.165) is 43.8 Å². The van der Waals surface area contributed by atoms with Crippen molar-refractivity contribution in [2.75, 3.05) is 6.61 Å². The molecule has 31 heavy (non-hydrogen) atoms. The Kier molecular flexibility index (Phi) is 6.37. The van der Waals surface area contributed by atoms with E-state index >= 15 is 0 Å². The summed E-state index contributed by atoms with van der Waals surface area (Å²) in [4.78, 5) is 17.2. The second-order valence-electron chi connectivity index (χ2n) is 7.57. The molecule has 0 saturated heterocycles. The average molecular weight is 478 g/mol. The number of ether oxygens (including phenoxy) is 1. The van der Waals surface area contributed by atoms with Gasteiger partial charge in [-0.2, -0.15) is 0 Å². The Labute approximate surface area is 190 Å². The van der Waals surface area contributed by atoms with Gasteiger partial charge in [-0.15, -0.1) is 0 Å². The maximum absolute atomic E-state index is 12.4. The summed E-state index contributed by atoms with van der Waals surface area (Å²) in [6.45, 7) is 4.94. The zero-order valence-electron chi connectivity index (χ0n) is 17.6. The highest BCUT2D eigenvalue weighted by molar-refractivity contribution is 9.10. The summed E-state index contributed by atoms with van der Waals surface area (Å²) in [6.07, 6.45) is 0. The van der Waals surface area contributed by atoms with Crippen LogP contribution in [0, 0.1) is 13.8 Å². The van der Waals surface area contributed by atoms with Gasteiger partial charge in [0.05, 0.1) is 17.6 Å². The first-order valence-corrected chi connectivity index (χ1v) is 10.9. The number of aromatic nitrogens is 2. The van der Waals surface area contributed by atoms with Gasteiger partial charge in [0, 0.05) is 11.0 Å². The van der Waals surface area contributed by atoms with Crippen molar-refractivity contribution < 1.29 is 9.53 Å². The molecule has 0 aliphatic heterocycles. The lowest BCUT2D eigenvalue weighted by molar-refractivity contribution is -0.123. The van der Waals surface area contributed by atoms with Crippen LogP contribution in [0.1, 0.15) is 22.5 Å². The van der Waals surface area contributed by atoms with Crippen molar-refractivity contribution >= 4 is 32.9 Å². The Morgan fingerprint density at radius 2 is 1.90 bits per heavy atom. The molecule has 0 atom stereocenters. The summed E-state index contributed by atoms with van der Waals surface area (Å²) in [5.41, 5.74) is 5.21. The topological polar surface area (TPSA) is 56.1 Å². The summed E-state index contributed by atoms with van der Waals surface area (Å²) in [5.74, 6) is 1.36. The summed E-state index contributed by atoms with van der Waals surface area (Å²) in [7, 11) is 0. The van der Waals surface area contributed by atoms with Crippen LogP contribution in [-0.4, -0.2) is 22.1 Å². The molecule has 0 unspecified atom stereocenters. The highest BCUT2D eigenvalue weighted by Gasteiger charge is 2.13. The van der Waals surface area contributed by atoms with E-state index in [0.29, 0.717) is 13.1 Å². The molecule has 0 bridgehead atoms. The first kappa shape index (κ1) is 21.1. The smallest absolute Gasteiger partial charge is 0.258 e. The second-order valence-corrected chi connectivity index (χ2v) is 8.48. The van der Waals surface area contributed by atoms with Gasteiger partial charge in [0.1, 0.15) is 11.6 Å². The van der Waals surface area contributed by atoms with E-state index in [2.05, 4.69) is 44.0 Å². The highest BCUT2D eigenvalue weighted by Crippen LogP contribution is 2.20. The monoisotopic (exact) mass is 477 g/mol. The molecule has 1 amide bonds. The lowest BCUT2D eigenvalue weighted by Crippen LogP contribution is -2.29. The molecular formula is C25H24BrN3O2. The van der Waals surface area contributed by atoms with Gasteiger partial charge in [-0.25, -0.2) is 4.98 Å². The van der Waals surface area contributed by atoms with Gasteiger partial charge in [0.2, 0.25) is 0 Å². The van der Waals surface area contributed by atoms with Crippen molar-refractivity contribution in [1.82, 2.24) is 14.9 Å². The number of amides is 1. The van der Waals surface area contributed by atoms with Gasteiger partial charge in [-0.05, 0) is 60.9 Å². The summed E-state index contributed by atoms with van der Waals surface area (Å²) in [5, 5.41) is 2.95. The SMILES string of the molecule is Cc1ccc(C)c(OCC(=O)NCc2nc3ccccc3n2Cc2cccc(Br)c2)c1. The Morgan fingerprint density at radius 3 is 2.74 bits per heavy atom. The number of imidazole rings is 1. The molecule has 3 aromatic carbocycles. The number of halogens is 1. The quantitative estimate of drug-likeness (QED) is 0.399. The standard InChI is InChI=1S/C25H24BrN3O2/c1-17-10-11-18(2)23(12-17)31-16-25(30)27-14-24-28-21-8-3-4-9-22(21)29(24)15-19-6-5-7-20(26)13-19/h3-13H,14-16H2,1-2H3,(H,27,30). The van der Waals surface area contributed by atoms with Crippen LogP contribution in [0.3, 0.4) is 0 Å². The van der Waals surface area contributed by atoms with E-state index in [-0.39, 0.29) is 12.5 Å². The van der Waals surface area contributed by atoms with E-state index < -0.39 is 0 Å². The predicted molar refractivity (Wildman–Crippen MR) is 126 cm³/mol. The van der Waals surface area contributed by atoms with Gasteiger partial charge < -0.3 is 14.6 Å². The number of hydrogen-bond acceptors (Lipinski definition) is 3. The second kappa shape index (κ2) is 9.35. The van der Waals surface area contributed by atoms with Gasteiger partial charge in [0.25, 0.3) is 5.91 Å². The molecule has 158 valence electrons. The minimum atomic E-state index is -0.179. The Bertz CT molecular complexity index is 1230. The number of nitrogens with one attached hydrogen (secondary N) is 1. The minimum Gasteiger partial charge on any atom is -0.483 e. The lowest BCUT2D eigenvalue weighted by atomic mass is 10.1. The third-order valence-electron chi connectivity index (χ3n) is 5.11. The molecule has 1 aromatic heterocycles. The average Bonchev–Trinajstić information content (AvgIpc) is 3.10. The molecule has 1 N–H and O–H groups in total. The van der Waals surface area contributed by atoms with Crippen LogP contribution in [0.4, 0.5) is 0 Å². The highest BCUT2D eigenvalue weighted by atomic mass is 79.9. The maximum atomic E-state index is 12.4. The van der Waals surface area contributed by atoms with Crippen LogP contribution >= 0.6 is 15.9 Å². The number of carbonyl (C=O) groups is 1. The predicted octanol–water partition coefficient (Wildman–Crippen LogP) is 5.16. The van der Waals surface area contributed by atoms with Crippen molar-refractivity contribution in [3.8, 4) is 5.75 Å². The first-order valence-electron chi connectivity index (χ1n) is 10.1. The maximum Gasteiger partial charge on any atom is 0.258 e. The van der Waals surface area contributed by atoms with Crippen LogP contribution in [0.15, 0.2) is 71.2 Å². The van der Waals surface area contributed by atoms with E-state index in [1.807, 2.05) is 62.4 Å². The summed E-state index contributed by atoms with van der Waals surface area (Å²) < 4.78 is 8.90. The van der Waals surface area contributed by atoms with Crippen LogP contribution in [-0.2, 0) is 17.9 Å². The molecule has 5 nitrogen and oxygen atoms in total. The number of benzene rings is 3. The molecule has 0 aliphatic carbocycles. The summed E-state index contributed by atoms with van der Waals surface area (Å²) >= 11 is 3.53. The number of hydrogen-bond donors (Lipinski definition) is 1. The molecule has 0 fully saturated rings. The fourth-order valence-electron chi connectivity index (χ4n) is 3.49. The van der Waals surface area contributed by atoms with Crippen molar-refractivity contribution in [3.63, 3.8) is 0 Å². The Balaban J connectivity index is 1.47. The lowest BCUT2D eigenvalue weighted by Gasteiger charge is -2.12. The molecule has 6 heteroatoms. The fourth-order valence-corrected chi connectivity index (χ4v) is 3.94. The fraction of sp³-hybridized carbons (Fsp3) is 0.200. The third-order valence-corrected chi connectivity index (χ3v) is 5.60. The number of para-hydroxylation sites is 2. The van der Waals surface area contributed by atoms with Crippen LogP contribution in [0.25, 0.3) is 11.0 Å². The number of carbonyl (C=O) groups excluding carboxylic acids is 1. The number of fused-ring (bicyclic) bond motifs is 1. The van der Waals surface area contributed by atoms with Gasteiger partial charge in [-0.3, -0.25) is 4.79 Å². The molecular weight excluding hydrogens is 454 g/mol. The van der Waals surface area contributed by atoms with Crippen molar-refractivity contribution in [3.05, 3.63) is 93.7 Å². The molecule has 0 spiro atoms. The largest absolute Gasteiger partial charge is 0.483 e. The van der Waals surface area contributed by atoms with E-state index in [9.17, 15) is 4.79 Å². The Hall–Kier alpha value is -3.12. The molecule has 1 heterocycles. The normalized spacial score (nSPS) is 10.9. The molecule has 0 aliphatic rings. The molecule has 0 radical (unpaired) electrons. The van der Waals surface area contributed by atoms with Gasteiger partial charge in [-0.1, -0.05) is 52.3 Å². The minimum absolute atomic E-state index is 0.0316. The number of rotatable bonds is 7. The summed E-state index contributed by atoms with van der Waals surface area (Å²) in [6, 6.07) is 22.2. The van der Waals surface area contributed by atoms with E-state index in [1.165, 1.54) is 0 Å². The van der Waals surface area contributed by atoms with Crippen molar-refractivity contribution in [1.29, 1.82) is 0 Å². The van der Waals surface area contributed by atoms with Gasteiger partial charge in [0.15, 0.2) is 6.61 Å². The number of aryl methyl sites for hydroxylation is 2.